The fraction of sp³-hybridized carbons (Fsp3) is 0.492. The minimum atomic E-state index is -0.904. The van der Waals surface area contributed by atoms with E-state index in [1.807, 2.05) is 126 Å². The number of fused-ring (bicyclic) bond motifs is 4. The number of aliphatic hydroxyl groups excluding tert-OH is 1. The number of aliphatic hydroxyl groups is 1. The summed E-state index contributed by atoms with van der Waals surface area (Å²) in [6, 6.07) is 20.0. The molecule has 8 heterocycles. The van der Waals surface area contributed by atoms with Crippen LogP contribution in [0, 0.1) is 13.8 Å². The van der Waals surface area contributed by atoms with Crippen molar-refractivity contribution in [3.05, 3.63) is 119 Å². The average Bonchev–Trinajstić information content (AvgIpc) is 3.34. The highest BCUT2D eigenvalue weighted by atomic mass is 16.6. The van der Waals surface area contributed by atoms with Crippen molar-refractivity contribution >= 4 is 73.4 Å². The van der Waals surface area contributed by atoms with Crippen LogP contribution in [0.15, 0.2) is 85.7 Å². The van der Waals surface area contributed by atoms with Crippen molar-refractivity contribution in [3.8, 4) is 0 Å². The quantitative estimate of drug-likeness (QED) is 0.105. The van der Waals surface area contributed by atoms with Crippen LogP contribution in [0.4, 0.5) is 21.2 Å². The minimum absolute atomic E-state index is 0. The van der Waals surface area contributed by atoms with Crippen LogP contribution in [0.2, 0.25) is 0 Å². The molecule has 0 radical (unpaired) electrons. The third-order valence-electron chi connectivity index (χ3n) is 16.1. The van der Waals surface area contributed by atoms with Crippen molar-refractivity contribution in [2.24, 2.45) is 0 Å². The Morgan fingerprint density at radius 2 is 1.01 bits per heavy atom. The standard InChI is InChI=1S/C33H40N6O5.C31H38N6O4.CH4/c1-21-12-13-26-25(19-36-39(26)27-11-6-7-18-42-27)28(21)30(43-22(2)40)23-9-8-10-24-29(23)34-20-35-31(24)37-14-16-38(17-15-37)32(41)44-33(3,4)5;1-20-11-12-24-23(18-34-37(24)25-10-5-6-17-40-25)26(20)28(38)21-8-7-9-22-27(21)32-19-33-29(22)35-13-15-36(16-14-35)30(39)41-31(2,3)4;/h8-10,12-13,19-20,27,30H,6-7,11,14-18H2,1-5H3;7-9,11-12,18-19,25,28,38H,5-6,10,13-17H2,1-4H3;1H4. The van der Waals surface area contributed by atoms with Crippen LogP contribution in [-0.2, 0) is 28.5 Å². The molecule has 4 aromatic carbocycles. The maximum absolute atomic E-state index is 12.6. The molecule has 1 N–H and O–H groups in total. The van der Waals surface area contributed by atoms with Gasteiger partial charge in [0.1, 0.15) is 41.6 Å². The Bertz CT molecular complexity index is 3730. The zero-order valence-electron chi connectivity index (χ0n) is 50.3. The molecule has 2 amide bonds. The Kier molecular flexibility index (Phi) is 18.1. The third-order valence-corrected chi connectivity index (χ3v) is 16.1. The normalized spacial score (nSPS) is 18.5. The van der Waals surface area contributed by atoms with Gasteiger partial charge in [-0.05, 0) is 135 Å². The summed E-state index contributed by atoms with van der Waals surface area (Å²) in [6.45, 7) is 22.7. The number of carbonyl (C=O) groups is 3. The maximum Gasteiger partial charge on any atom is 0.410 e. The van der Waals surface area contributed by atoms with Crippen molar-refractivity contribution in [3.63, 3.8) is 0 Å². The first-order valence-corrected chi connectivity index (χ1v) is 29.8. The molecule has 4 atom stereocenters. The summed E-state index contributed by atoms with van der Waals surface area (Å²) in [5, 5.41) is 24.8. The molecule has 4 aromatic heterocycles. The molecular formula is C65H82N12O9. The number of ether oxygens (including phenoxy) is 5. The van der Waals surface area contributed by atoms with E-state index >= 15 is 0 Å². The van der Waals surface area contributed by atoms with E-state index in [-0.39, 0.29) is 38.0 Å². The van der Waals surface area contributed by atoms with Gasteiger partial charge in [0.15, 0.2) is 18.6 Å². The summed E-state index contributed by atoms with van der Waals surface area (Å²) in [4.78, 5) is 64.2. The molecule has 21 heteroatoms. The Morgan fingerprint density at radius 3 is 1.45 bits per heavy atom. The van der Waals surface area contributed by atoms with Gasteiger partial charge in [0, 0.05) is 111 Å². The molecule has 4 aliphatic rings. The van der Waals surface area contributed by atoms with Crippen LogP contribution in [0.3, 0.4) is 0 Å². The largest absolute Gasteiger partial charge is 0.453 e. The summed E-state index contributed by atoms with van der Waals surface area (Å²) < 4.78 is 33.2. The fourth-order valence-corrected chi connectivity index (χ4v) is 12.1. The molecule has 4 unspecified atom stereocenters. The van der Waals surface area contributed by atoms with Crippen LogP contribution in [0.5, 0.6) is 0 Å². The lowest BCUT2D eigenvalue weighted by molar-refractivity contribution is -0.144. The Labute approximate surface area is 502 Å². The highest BCUT2D eigenvalue weighted by Crippen LogP contribution is 2.41. The number of hydrogen-bond acceptors (Lipinski definition) is 17. The fourth-order valence-electron chi connectivity index (χ4n) is 12.1. The SMILES string of the molecule is C.CC(=O)OC(c1c(C)ccc2c1cnn2C1CCCCO1)c1cccc2c(N3CCN(C(=O)OC(C)(C)C)CC3)ncnc12.Cc1ccc2c(cnn2C2CCCCO2)c1C(O)c1cccc2c(N3CCN(C(=O)OC(C)(C)C)CC3)ncnc12. The molecule has 4 fully saturated rings. The van der Waals surface area contributed by atoms with Gasteiger partial charge in [-0.15, -0.1) is 0 Å². The number of aromatic nitrogens is 8. The Balaban J connectivity index is 0.000000189. The van der Waals surface area contributed by atoms with Crippen molar-refractivity contribution in [1.29, 1.82) is 0 Å². The van der Waals surface area contributed by atoms with Crippen LogP contribution < -0.4 is 9.80 Å². The van der Waals surface area contributed by atoms with E-state index in [2.05, 4.69) is 42.0 Å². The summed E-state index contributed by atoms with van der Waals surface area (Å²) in [7, 11) is 0. The van der Waals surface area contributed by atoms with Crippen LogP contribution in [0.25, 0.3) is 43.6 Å². The smallest absolute Gasteiger partial charge is 0.410 e. The molecule has 0 saturated carbocycles. The molecule has 0 bridgehead atoms. The Morgan fingerprint density at radius 1 is 0.570 bits per heavy atom. The van der Waals surface area contributed by atoms with Crippen molar-refractivity contribution in [2.75, 3.05) is 75.4 Å². The summed E-state index contributed by atoms with van der Waals surface area (Å²) in [5.41, 5.74) is 7.38. The van der Waals surface area contributed by atoms with E-state index in [9.17, 15) is 19.5 Å². The van der Waals surface area contributed by atoms with E-state index in [0.29, 0.717) is 63.4 Å². The second kappa shape index (κ2) is 25.5. The number of amides is 2. The molecule has 8 aromatic rings. The van der Waals surface area contributed by atoms with Gasteiger partial charge in [0.05, 0.1) is 34.5 Å². The van der Waals surface area contributed by atoms with Gasteiger partial charge < -0.3 is 48.4 Å². The highest BCUT2D eigenvalue weighted by molar-refractivity contribution is 5.95. The van der Waals surface area contributed by atoms with Gasteiger partial charge in [-0.25, -0.2) is 38.9 Å². The Hall–Kier alpha value is -8.01. The molecule has 0 aliphatic carbocycles. The topological polar surface area (TPSA) is 218 Å². The van der Waals surface area contributed by atoms with Gasteiger partial charge in [-0.1, -0.05) is 43.8 Å². The predicted octanol–water partition coefficient (Wildman–Crippen LogP) is 11.5. The number of anilines is 2. The monoisotopic (exact) mass is 1170 g/mol. The average molecular weight is 1180 g/mol. The first kappa shape index (κ1) is 61.1. The number of hydrogen-bond donors (Lipinski definition) is 1. The number of piperazine rings is 2. The zero-order chi connectivity index (χ0) is 59.7. The summed E-state index contributed by atoms with van der Waals surface area (Å²) in [6.07, 6.45) is 10.5. The van der Waals surface area contributed by atoms with E-state index in [0.717, 1.165) is 129 Å². The molecular weight excluding hydrogens is 1090 g/mol. The summed E-state index contributed by atoms with van der Waals surface area (Å²) >= 11 is 0. The summed E-state index contributed by atoms with van der Waals surface area (Å²) in [5.74, 6) is 1.18. The van der Waals surface area contributed by atoms with Crippen LogP contribution in [0.1, 0.15) is 152 Å². The number of aryl methyl sites for hydroxylation is 2. The number of para-hydroxylation sites is 2. The number of rotatable bonds is 9. The minimum Gasteiger partial charge on any atom is -0.453 e. The molecule has 456 valence electrons. The zero-order valence-corrected chi connectivity index (χ0v) is 50.3. The number of esters is 1. The van der Waals surface area contributed by atoms with Crippen molar-refractivity contribution < 1.29 is 43.2 Å². The second-order valence-electron chi connectivity index (χ2n) is 24.5. The van der Waals surface area contributed by atoms with Crippen molar-refractivity contribution in [2.45, 2.75) is 144 Å². The van der Waals surface area contributed by atoms with Gasteiger partial charge in [-0.2, -0.15) is 10.2 Å². The van der Waals surface area contributed by atoms with E-state index < -0.39 is 23.4 Å². The van der Waals surface area contributed by atoms with Crippen molar-refractivity contribution in [1.82, 2.24) is 49.3 Å². The number of nitrogens with zero attached hydrogens (tertiary/aromatic N) is 12. The van der Waals surface area contributed by atoms with E-state index in [1.165, 1.54) is 6.92 Å². The number of benzene rings is 4. The number of carbonyl (C=O) groups excluding carboxylic acids is 3. The first-order valence-electron chi connectivity index (χ1n) is 29.8. The lowest BCUT2D eigenvalue weighted by Crippen LogP contribution is -2.50. The molecule has 21 nitrogen and oxygen atoms in total. The lowest BCUT2D eigenvalue weighted by Gasteiger charge is -2.36. The first-order chi connectivity index (χ1) is 40.8. The second-order valence-corrected chi connectivity index (χ2v) is 24.5. The van der Waals surface area contributed by atoms with Crippen LogP contribution >= 0.6 is 0 Å². The van der Waals surface area contributed by atoms with E-state index in [1.54, 1.807) is 22.5 Å². The van der Waals surface area contributed by atoms with Gasteiger partial charge in [-0.3, -0.25) is 4.79 Å². The van der Waals surface area contributed by atoms with Gasteiger partial charge in [0.2, 0.25) is 0 Å². The molecule has 0 spiro atoms. The molecule has 4 aliphatic heterocycles. The molecule has 4 saturated heterocycles. The van der Waals surface area contributed by atoms with Gasteiger partial charge in [0.25, 0.3) is 0 Å². The third kappa shape index (κ3) is 12.9. The lowest BCUT2D eigenvalue weighted by atomic mass is 9.92. The predicted molar refractivity (Wildman–Crippen MR) is 330 cm³/mol. The van der Waals surface area contributed by atoms with E-state index in [4.69, 9.17) is 33.8 Å². The van der Waals surface area contributed by atoms with Crippen LogP contribution in [-0.4, -0.2) is 149 Å². The molecule has 12 rings (SSSR count). The maximum atomic E-state index is 12.6. The van der Waals surface area contributed by atoms with Gasteiger partial charge >= 0.3 is 18.2 Å². The molecule has 86 heavy (non-hydrogen) atoms. The highest BCUT2D eigenvalue weighted by Gasteiger charge is 2.33.